The first-order chi connectivity index (χ1) is 8.49. The Morgan fingerprint density at radius 3 is 2.56 bits per heavy atom. The van der Waals surface area contributed by atoms with Gasteiger partial charge in [0.2, 0.25) is 0 Å². The number of benzene rings is 1. The third-order valence-corrected chi connectivity index (χ3v) is 5.31. The van der Waals surface area contributed by atoms with Gasteiger partial charge in [0.05, 0.1) is 0 Å². The SMILES string of the molecule is Cc1sc(C(=O)O)c(Cc2ccc(Cl)cc2)c1Br. The highest BCUT2D eigenvalue weighted by atomic mass is 79.9. The zero-order valence-corrected chi connectivity index (χ0v) is 12.7. The van der Waals surface area contributed by atoms with Crippen LogP contribution in [0.3, 0.4) is 0 Å². The van der Waals surface area contributed by atoms with E-state index < -0.39 is 5.97 Å². The van der Waals surface area contributed by atoms with Gasteiger partial charge < -0.3 is 5.11 Å². The third kappa shape index (κ3) is 2.76. The van der Waals surface area contributed by atoms with Crippen molar-refractivity contribution in [1.29, 1.82) is 0 Å². The van der Waals surface area contributed by atoms with E-state index >= 15 is 0 Å². The van der Waals surface area contributed by atoms with Crippen LogP contribution in [0.5, 0.6) is 0 Å². The van der Waals surface area contributed by atoms with Gasteiger partial charge in [-0.05, 0) is 46.1 Å². The van der Waals surface area contributed by atoms with Gasteiger partial charge in [-0.1, -0.05) is 23.7 Å². The van der Waals surface area contributed by atoms with Gasteiger partial charge in [-0.3, -0.25) is 0 Å². The Kier molecular flexibility index (Phi) is 4.10. The Morgan fingerprint density at radius 2 is 2.00 bits per heavy atom. The van der Waals surface area contributed by atoms with Crippen LogP contribution in [0, 0.1) is 6.92 Å². The van der Waals surface area contributed by atoms with E-state index in [1.54, 1.807) is 0 Å². The van der Waals surface area contributed by atoms with Crippen LogP contribution in [-0.2, 0) is 6.42 Å². The molecule has 0 fully saturated rings. The Balaban J connectivity index is 2.39. The van der Waals surface area contributed by atoms with Gasteiger partial charge in [0, 0.05) is 20.8 Å². The minimum absolute atomic E-state index is 0.398. The molecule has 1 aromatic carbocycles. The van der Waals surface area contributed by atoms with Gasteiger partial charge in [-0.25, -0.2) is 4.79 Å². The molecule has 18 heavy (non-hydrogen) atoms. The first-order valence-corrected chi connectivity index (χ1v) is 7.23. The minimum atomic E-state index is -0.877. The molecule has 0 aliphatic rings. The van der Waals surface area contributed by atoms with Crippen LogP contribution in [0.2, 0.25) is 5.02 Å². The number of carboxylic acids is 1. The Hall–Kier alpha value is -0.840. The second kappa shape index (κ2) is 5.43. The highest BCUT2D eigenvalue weighted by Gasteiger charge is 2.19. The molecule has 0 spiro atoms. The number of hydrogen-bond acceptors (Lipinski definition) is 2. The molecule has 0 aliphatic carbocycles. The summed E-state index contributed by atoms with van der Waals surface area (Å²) in [6.45, 7) is 1.91. The lowest BCUT2D eigenvalue weighted by Crippen LogP contribution is -1.99. The summed E-state index contributed by atoms with van der Waals surface area (Å²) in [5.41, 5.74) is 1.87. The monoisotopic (exact) mass is 344 g/mol. The number of rotatable bonds is 3. The molecule has 0 amide bonds. The van der Waals surface area contributed by atoms with E-state index in [-0.39, 0.29) is 0 Å². The molecule has 0 saturated carbocycles. The van der Waals surface area contributed by atoms with E-state index in [1.807, 2.05) is 31.2 Å². The van der Waals surface area contributed by atoms with Crippen molar-refractivity contribution < 1.29 is 9.90 Å². The quantitative estimate of drug-likeness (QED) is 0.870. The first-order valence-electron chi connectivity index (χ1n) is 5.24. The van der Waals surface area contributed by atoms with Crippen LogP contribution in [0.25, 0.3) is 0 Å². The maximum Gasteiger partial charge on any atom is 0.346 e. The van der Waals surface area contributed by atoms with Gasteiger partial charge >= 0.3 is 5.97 Å². The molecular weight excluding hydrogens is 336 g/mol. The summed E-state index contributed by atoms with van der Waals surface area (Å²) in [7, 11) is 0. The second-order valence-electron chi connectivity index (χ2n) is 3.89. The van der Waals surface area contributed by atoms with E-state index in [0.29, 0.717) is 16.3 Å². The molecule has 0 aliphatic heterocycles. The Bertz CT molecular complexity index is 590. The molecule has 0 saturated heterocycles. The number of hydrogen-bond donors (Lipinski definition) is 1. The summed E-state index contributed by atoms with van der Waals surface area (Å²) in [4.78, 5) is 12.6. The highest BCUT2D eigenvalue weighted by Crippen LogP contribution is 2.34. The molecule has 1 N–H and O–H groups in total. The van der Waals surface area contributed by atoms with Crippen molar-refractivity contribution >= 4 is 44.8 Å². The van der Waals surface area contributed by atoms with Crippen LogP contribution in [0.15, 0.2) is 28.7 Å². The van der Waals surface area contributed by atoms with Crippen molar-refractivity contribution in [3.63, 3.8) is 0 Å². The van der Waals surface area contributed by atoms with Gasteiger partial charge in [0.15, 0.2) is 0 Å². The largest absolute Gasteiger partial charge is 0.477 e. The zero-order chi connectivity index (χ0) is 13.3. The molecule has 2 rings (SSSR count). The van der Waals surface area contributed by atoms with Crippen LogP contribution >= 0.6 is 38.9 Å². The summed E-state index contributed by atoms with van der Waals surface area (Å²) in [5, 5.41) is 9.87. The van der Waals surface area contributed by atoms with Crippen molar-refractivity contribution in [3.8, 4) is 0 Å². The zero-order valence-electron chi connectivity index (χ0n) is 9.54. The molecule has 0 bridgehead atoms. The molecular formula is C13H10BrClO2S. The summed E-state index contributed by atoms with van der Waals surface area (Å²) < 4.78 is 0.889. The fraction of sp³-hybridized carbons (Fsp3) is 0.154. The molecule has 5 heteroatoms. The number of aryl methyl sites for hydroxylation is 1. The summed E-state index contributed by atoms with van der Waals surface area (Å²) in [5.74, 6) is -0.877. The first kappa shape index (κ1) is 13.6. The number of aromatic carboxylic acids is 1. The highest BCUT2D eigenvalue weighted by molar-refractivity contribution is 9.10. The van der Waals surface area contributed by atoms with Crippen LogP contribution in [-0.4, -0.2) is 11.1 Å². The van der Waals surface area contributed by atoms with Crippen molar-refractivity contribution in [2.45, 2.75) is 13.3 Å². The average Bonchev–Trinajstić information content (AvgIpc) is 2.60. The van der Waals surface area contributed by atoms with E-state index in [9.17, 15) is 9.90 Å². The summed E-state index contributed by atoms with van der Waals surface area (Å²) in [6.07, 6.45) is 0.587. The minimum Gasteiger partial charge on any atom is -0.477 e. The van der Waals surface area contributed by atoms with Gasteiger partial charge in [-0.15, -0.1) is 11.3 Å². The smallest absolute Gasteiger partial charge is 0.346 e. The second-order valence-corrected chi connectivity index (χ2v) is 6.34. The fourth-order valence-electron chi connectivity index (χ4n) is 1.71. The number of halogens is 2. The van der Waals surface area contributed by atoms with Crippen molar-refractivity contribution in [3.05, 3.63) is 54.6 Å². The Morgan fingerprint density at radius 1 is 1.39 bits per heavy atom. The van der Waals surface area contributed by atoms with Crippen LogP contribution in [0.4, 0.5) is 0 Å². The molecule has 2 aromatic rings. The molecule has 2 nitrogen and oxygen atoms in total. The Labute approximate surface area is 122 Å². The molecule has 0 unspecified atom stereocenters. The average molecular weight is 346 g/mol. The van der Waals surface area contributed by atoms with Crippen molar-refractivity contribution in [1.82, 2.24) is 0 Å². The number of carbonyl (C=O) groups is 1. The predicted octanol–water partition coefficient (Wildman–Crippen LogP) is 4.76. The molecule has 0 atom stereocenters. The van der Waals surface area contributed by atoms with E-state index in [1.165, 1.54) is 11.3 Å². The molecule has 1 heterocycles. The van der Waals surface area contributed by atoms with E-state index in [0.717, 1.165) is 20.5 Å². The van der Waals surface area contributed by atoms with Gasteiger partial charge in [0.25, 0.3) is 0 Å². The molecule has 94 valence electrons. The maximum atomic E-state index is 11.2. The topological polar surface area (TPSA) is 37.3 Å². The van der Waals surface area contributed by atoms with Crippen LogP contribution in [0.1, 0.15) is 25.7 Å². The van der Waals surface area contributed by atoms with Gasteiger partial charge in [0.1, 0.15) is 4.88 Å². The lowest BCUT2D eigenvalue weighted by molar-refractivity contribution is 0.0701. The molecule has 1 aromatic heterocycles. The van der Waals surface area contributed by atoms with Crippen molar-refractivity contribution in [2.75, 3.05) is 0 Å². The fourth-order valence-corrected chi connectivity index (χ4v) is 3.45. The lowest BCUT2D eigenvalue weighted by atomic mass is 10.1. The van der Waals surface area contributed by atoms with Gasteiger partial charge in [-0.2, -0.15) is 0 Å². The maximum absolute atomic E-state index is 11.2. The van der Waals surface area contributed by atoms with E-state index in [2.05, 4.69) is 15.9 Å². The summed E-state index contributed by atoms with van der Waals surface area (Å²) >= 11 is 10.6. The standard InChI is InChI=1S/C13H10BrClO2S/c1-7-11(14)10(12(18-7)13(16)17)6-8-2-4-9(15)5-3-8/h2-5H,6H2,1H3,(H,16,17). The normalized spacial score (nSPS) is 10.6. The van der Waals surface area contributed by atoms with E-state index in [4.69, 9.17) is 11.6 Å². The third-order valence-electron chi connectivity index (χ3n) is 2.59. The lowest BCUT2D eigenvalue weighted by Gasteiger charge is -2.03. The van der Waals surface area contributed by atoms with Crippen molar-refractivity contribution in [2.24, 2.45) is 0 Å². The number of thiophene rings is 1. The molecule has 0 radical (unpaired) electrons. The predicted molar refractivity (Wildman–Crippen MR) is 78.0 cm³/mol. The summed E-state index contributed by atoms with van der Waals surface area (Å²) in [6, 6.07) is 7.44. The number of carboxylic acid groups (broad SMARTS) is 1. The van der Waals surface area contributed by atoms with Crippen LogP contribution < -0.4 is 0 Å².